The Labute approximate surface area is 78.1 Å². The average Bonchev–Trinajstić information content (AvgIpc) is 2.04. The normalized spacial score (nSPS) is 12.3. The van der Waals surface area contributed by atoms with Gasteiger partial charge in [0.15, 0.2) is 0 Å². The Morgan fingerprint density at radius 3 is 2.62 bits per heavy atom. The van der Waals surface area contributed by atoms with Crippen LogP contribution in [0.25, 0.3) is 0 Å². The molecule has 0 radical (unpaired) electrons. The minimum absolute atomic E-state index is 0.273. The molecule has 0 saturated carbocycles. The summed E-state index contributed by atoms with van der Waals surface area (Å²) in [6, 6.07) is 3.44. The smallest absolute Gasteiger partial charge is 0.316 e. The van der Waals surface area contributed by atoms with Crippen LogP contribution in [0, 0.1) is 0 Å². The zero-order valence-electron chi connectivity index (χ0n) is 6.84. The summed E-state index contributed by atoms with van der Waals surface area (Å²) in [5, 5.41) is 8.36. The SMILES string of the molecule is O=C(O)CS(=O)Cc1ccncc1. The first-order valence-corrected chi connectivity index (χ1v) is 5.13. The monoisotopic (exact) mass is 199 g/mol. The van der Waals surface area contributed by atoms with Gasteiger partial charge in [-0.25, -0.2) is 0 Å². The second-order valence-electron chi connectivity index (χ2n) is 2.48. The van der Waals surface area contributed by atoms with E-state index in [0.717, 1.165) is 5.56 Å². The molecule has 5 heteroatoms. The summed E-state index contributed by atoms with van der Waals surface area (Å²) < 4.78 is 11.1. The van der Waals surface area contributed by atoms with Gasteiger partial charge in [-0.05, 0) is 17.7 Å². The first-order valence-electron chi connectivity index (χ1n) is 3.64. The van der Waals surface area contributed by atoms with Gasteiger partial charge in [0, 0.05) is 28.9 Å². The number of carboxylic acids is 1. The molecule has 0 fully saturated rings. The zero-order chi connectivity index (χ0) is 9.68. The standard InChI is InChI=1S/C8H9NO3S/c10-8(11)6-13(12)5-7-1-3-9-4-2-7/h1-4H,5-6H2,(H,10,11). The molecule has 0 aliphatic rings. The van der Waals surface area contributed by atoms with Crippen molar-refractivity contribution >= 4 is 16.8 Å². The molecule has 70 valence electrons. The molecule has 1 rings (SSSR count). The summed E-state index contributed by atoms with van der Waals surface area (Å²) >= 11 is 0. The third-order valence-electron chi connectivity index (χ3n) is 1.36. The van der Waals surface area contributed by atoms with Gasteiger partial charge in [0.2, 0.25) is 0 Å². The Balaban J connectivity index is 2.50. The molecule has 1 unspecified atom stereocenters. The lowest BCUT2D eigenvalue weighted by Crippen LogP contribution is -2.10. The number of hydrogen-bond donors (Lipinski definition) is 1. The van der Waals surface area contributed by atoms with Crippen LogP contribution in [0.5, 0.6) is 0 Å². The Morgan fingerprint density at radius 2 is 2.08 bits per heavy atom. The molecule has 1 N–H and O–H groups in total. The van der Waals surface area contributed by atoms with E-state index in [2.05, 4.69) is 4.98 Å². The Morgan fingerprint density at radius 1 is 1.46 bits per heavy atom. The first-order chi connectivity index (χ1) is 6.18. The summed E-state index contributed by atoms with van der Waals surface area (Å²) in [6.45, 7) is 0. The number of aromatic nitrogens is 1. The fourth-order valence-electron chi connectivity index (χ4n) is 0.854. The highest BCUT2D eigenvalue weighted by molar-refractivity contribution is 7.84. The van der Waals surface area contributed by atoms with Gasteiger partial charge in [-0.1, -0.05) is 0 Å². The van der Waals surface area contributed by atoms with Crippen LogP contribution in [0.4, 0.5) is 0 Å². The average molecular weight is 199 g/mol. The van der Waals surface area contributed by atoms with Gasteiger partial charge in [0.1, 0.15) is 5.75 Å². The molecule has 4 nitrogen and oxygen atoms in total. The molecule has 0 aromatic carbocycles. The highest BCUT2D eigenvalue weighted by Crippen LogP contribution is 2.00. The van der Waals surface area contributed by atoms with Crippen LogP contribution < -0.4 is 0 Å². The largest absolute Gasteiger partial charge is 0.481 e. The van der Waals surface area contributed by atoms with Crippen LogP contribution in [0.15, 0.2) is 24.5 Å². The molecule has 0 bridgehead atoms. The maximum absolute atomic E-state index is 11.1. The molecule has 0 amide bonds. The van der Waals surface area contributed by atoms with Crippen molar-refractivity contribution in [2.75, 3.05) is 5.75 Å². The molecule has 13 heavy (non-hydrogen) atoms. The predicted molar refractivity (Wildman–Crippen MR) is 48.6 cm³/mol. The number of carboxylic acid groups (broad SMARTS) is 1. The summed E-state index contributed by atoms with van der Waals surface area (Å²) in [5.41, 5.74) is 0.842. The third-order valence-corrected chi connectivity index (χ3v) is 2.59. The maximum atomic E-state index is 11.1. The van der Waals surface area contributed by atoms with Crippen LogP contribution in [-0.4, -0.2) is 26.0 Å². The van der Waals surface area contributed by atoms with Crippen LogP contribution in [0.3, 0.4) is 0 Å². The van der Waals surface area contributed by atoms with Gasteiger partial charge < -0.3 is 5.11 Å². The van der Waals surface area contributed by atoms with Crippen molar-refractivity contribution in [2.45, 2.75) is 5.75 Å². The molecule has 1 aromatic rings. The molecule has 0 saturated heterocycles. The second kappa shape index (κ2) is 4.71. The van der Waals surface area contributed by atoms with Gasteiger partial charge in [-0.3, -0.25) is 14.0 Å². The number of carbonyl (C=O) groups is 1. The molecule has 0 spiro atoms. The van der Waals surface area contributed by atoms with Gasteiger partial charge in [-0.15, -0.1) is 0 Å². The Bertz CT molecular complexity index is 312. The van der Waals surface area contributed by atoms with E-state index in [9.17, 15) is 9.00 Å². The third kappa shape index (κ3) is 3.80. The van der Waals surface area contributed by atoms with Crippen LogP contribution in [-0.2, 0) is 21.3 Å². The fourth-order valence-corrected chi connectivity index (χ4v) is 1.80. The topological polar surface area (TPSA) is 67.3 Å². The summed E-state index contributed by atoms with van der Waals surface area (Å²) in [6.07, 6.45) is 3.18. The van der Waals surface area contributed by atoms with E-state index >= 15 is 0 Å². The van der Waals surface area contributed by atoms with Crippen molar-refractivity contribution in [1.29, 1.82) is 0 Å². The van der Waals surface area contributed by atoms with Crippen LogP contribution in [0.1, 0.15) is 5.56 Å². The molecular weight excluding hydrogens is 190 g/mol. The van der Waals surface area contributed by atoms with Crippen molar-refractivity contribution in [2.24, 2.45) is 0 Å². The number of pyridine rings is 1. The fraction of sp³-hybridized carbons (Fsp3) is 0.250. The first kappa shape index (κ1) is 9.85. The number of rotatable bonds is 4. The van der Waals surface area contributed by atoms with Crippen molar-refractivity contribution in [3.63, 3.8) is 0 Å². The van der Waals surface area contributed by atoms with Crippen molar-refractivity contribution in [3.8, 4) is 0 Å². The van der Waals surface area contributed by atoms with Crippen LogP contribution in [0.2, 0.25) is 0 Å². The maximum Gasteiger partial charge on any atom is 0.316 e. The molecule has 0 aliphatic heterocycles. The van der Waals surface area contributed by atoms with Crippen LogP contribution >= 0.6 is 0 Å². The predicted octanol–water partition coefficient (Wildman–Crippen LogP) is 0.415. The van der Waals surface area contributed by atoms with E-state index in [1.807, 2.05) is 0 Å². The Hall–Kier alpha value is -1.23. The van der Waals surface area contributed by atoms with E-state index in [-0.39, 0.29) is 11.5 Å². The lowest BCUT2D eigenvalue weighted by atomic mass is 10.3. The van der Waals surface area contributed by atoms with Gasteiger partial charge >= 0.3 is 5.97 Å². The van der Waals surface area contributed by atoms with Gasteiger partial charge in [-0.2, -0.15) is 0 Å². The number of hydrogen-bond acceptors (Lipinski definition) is 3. The zero-order valence-corrected chi connectivity index (χ0v) is 7.66. The highest BCUT2D eigenvalue weighted by Gasteiger charge is 2.05. The summed E-state index contributed by atoms with van der Waals surface area (Å²) in [5.74, 6) is -1.07. The Kier molecular flexibility index (Phi) is 3.57. The molecule has 0 aliphatic carbocycles. The second-order valence-corrected chi connectivity index (χ2v) is 3.93. The van der Waals surface area contributed by atoms with E-state index in [1.165, 1.54) is 0 Å². The minimum Gasteiger partial charge on any atom is -0.481 e. The van der Waals surface area contributed by atoms with E-state index in [0.29, 0.717) is 0 Å². The van der Waals surface area contributed by atoms with E-state index in [1.54, 1.807) is 24.5 Å². The van der Waals surface area contributed by atoms with E-state index in [4.69, 9.17) is 5.11 Å². The number of aliphatic carboxylic acids is 1. The lowest BCUT2D eigenvalue weighted by molar-refractivity contribution is -0.133. The number of nitrogens with zero attached hydrogens (tertiary/aromatic N) is 1. The lowest BCUT2D eigenvalue weighted by Gasteiger charge is -1.98. The molecule has 1 atom stereocenters. The molecule has 1 heterocycles. The molecule has 1 aromatic heterocycles. The quantitative estimate of drug-likeness (QED) is 0.762. The summed E-state index contributed by atoms with van der Waals surface area (Å²) in [4.78, 5) is 14.0. The van der Waals surface area contributed by atoms with Crippen molar-refractivity contribution in [3.05, 3.63) is 30.1 Å². The van der Waals surface area contributed by atoms with Gasteiger partial charge in [0.25, 0.3) is 0 Å². The summed E-state index contributed by atoms with van der Waals surface area (Å²) in [7, 11) is -1.33. The minimum atomic E-state index is -1.33. The highest BCUT2D eigenvalue weighted by atomic mass is 32.2. The van der Waals surface area contributed by atoms with Gasteiger partial charge in [0.05, 0.1) is 0 Å². The van der Waals surface area contributed by atoms with Crippen molar-refractivity contribution < 1.29 is 14.1 Å². The van der Waals surface area contributed by atoms with E-state index < -0.39 is 16.8 Å². The van der Waals surface area contributed by atoms with Crippen molar-refractivity contribution in [1.82, 2.24) is 4.98 Å². The molecular formula is C8H9NO3S.